The second-order valence-electron chi connectivity index (χ2n) is 10.3. The van der Waals surface area contributed by atoms with Crippen molar-refractivity contribution in [2.75, 3.05) is 44.7 Å². The molecule has 188 valence electrons. The van der Waals surface area contributed by atoms with Gasteiger partial charge in [0, 0.05) is 37.8 Å². The van der Waals surface area contributed by atoms with Gasteiger partial charge in [-0.1, -0.05) is 30.3 Å². The summed E-state index contributed by atoms with van der Waals surface area (Å²) in [7, 11) is 1.71. The molecule has 1 amide bonds. The Balaban J connectivity index is 1.33. The number of hydrogen-bond donors (Lipinski definition) is 1. The lowest BCUT2D eigenvalue weighted by molar-refractivity contribution is -0.134. The van der Waals surface area contributed by atoms with Gasteiger partial charge < -0.3 is 24.6 Å². The summed E-state index contributed by atoms with van der Waals surface area (Å²) < 4.78 is 12.0. The van der Waals surface area contributed by atoms with E-state index in [1.807, 2.05) is 6.07 Å². The van der Waals surface area contributed by atoms with E-state index in [1.54, 1.807) is 7.11 Å². The largest absolute Gasteiger partial charge is 0.493 e. The molecule has 2 aliphatic heterocycles. The molecule has 3 aliphatic rings. The third-order valence-corrected chi connectivity index (χ3v) is 7.85. The van der Waals surface area contributed by atoms with Crippen molar-refractivity contribution < 1.29 is 14.3 Å². The molecule has 35 heavy (non-hydrogen) atoms. The van der Waals surface area contributed by atoms with Crippen molar-refractivity contribution in [3.63, 3.8) is 0 Å². The van der Waals surface area contributed by atoms with Crippen molar-refractivity contribution in [2.45, 2.75) is 57.1 Å². The lowest BCUT2D eigenvalue weighted by Crippen LogP contribution is -2.56. The summed E-state index contributed by atoms with van der Waals surface area (Å²) in [5.41, 5.74) is 2.42. The highest BCUT2D eigenvalue weighted by Crippen LogP contribution is 2.36. The first-order valence-corrected chi connectivity index (χ1v) is 13.3. The molecule has 0 aromatic heterocycles. The smallest absolute Gasteiger partial charge is 0.223 e. The van der Waals surface area contributed by atoms with Gasteiger partial charge in [0.25, 0.3) is 0 Å². The number of anilines is 1. The molecule has 0 bridgehead atoms. The molecule has 1 saturated carbocycles. The highest BCUT2D eigenvalue weighted by Gasteiger charge is 2.32. The van der Waals surface area contributed by atoms with Crippen molar-refractivity contribution in [2.24, 2.45) is 5.92 Å². The standard InChI is InChI=1S/C29H39N3O3/c1-34-27-12-11-24(19-28(27)35-26-9-5-6-10-26)31-15-16-32(29(33)18-23-13-14-30-20-23)25(21-31)17-22-7-3-2-4-8-22/h2-4,7-8,11-12,19,23,25-26,30H,5-6,9-10,13-18,20-21H2,1H3. The lowest BCUT2D eigenvalue weighted by Gasteiger charge is -2.43. The highest BCUT2D eigenvalue weighted by molar-refractivity contribution is 5.77. The Bertz CT molecular complexity index is 970. The summed E-state index contributed by atoms with van der Waals surface area (Å²) in [5, 5.41) is 3.40. The molecule has 2 saturated heterocycles. The fourth-order valence-electron chi connectivity index (χ4n) is 5.87. The van der Waals surface area contributed by atoms with Crippen LogP contribution in [0.2, 0.25) is 0 Å². The van der Waals surface area contributed by atoms with Crippen LogP contribution in [0, 0.1) is 5.92 Å². The minimum atomic E-state index is 0.148. The van der Waals surface area contributed by atoms with E-state index in [-0.39, 0.29) is 12.1 Å². The Hall–Kier alpha value is -2.73. The Morgan fingerprint density at radius 3 is 2.60 bits per heavy atom. The second kappa shape index (κ2) is 11.3. The first-order chi connectivity index (χ1) is 17.2. The zero-order valence-electron chi connectivity index (χ0n) is 21.0. The average Bonchev–Trinajstić information content (AvgIpc) is 3.59. The minimum absolute atomic E-state index is 0.148. The number of hydrogen-bond acceptors (Lipinski definition) is 5. The molecule has 1 N–H and O–H groups in total. The van der Waals surface area contributed by atoms with Crippen LogP contribution in [-0.4, -0.2) is 62.8 Å². The average molecular weight is 478 g/mol. The van der Waals surface area contributed by atoms with Gasteiger partial charge in [-0.3, -0.25) is 4.79 Å². The van der Waals surface area contributed by atoms with Crippen LogP contribution in [0.1, 0.15) is 44.1 Å². The summed E-state index contributed by atoms with van der Waals surface area (Å²) in [6.07, 6.45) is 7.61. The monoisotopic (exact) mass is 477 g/mol. The van der Waals surface area contributed by atoms with Crippen molar-refractivity contribution >= 4 is 11.6 Å². The summed E-state index contributed by atoms with van der Waals surface area (Å²) in [5.74, 6) is 2.40. The Morgan fingerprint density at radius 2 is 1.86 bits per heavy atom. The van der Waals surface area contributed by atoms with Crippen LogP contribution >= 0.6 is 0 Å². The summed E-state index contributed by atoms with van der Waals surface area (Å²) in [6.45, 7) is 4.39. The Kier molecular flexibility index (Phi) is 7.77. The number of carbonyl (C=O) groups excluding carboxylic acids is 1. The number of rotatable bonds is 8. The fraction of sp³-hybridized carbons (Fsp3) is 0.552. The summed E-state index contributed by atoms with van der Waals surface area (Å²) >= 11 is 0. The molecule has 2 unspecified atom stereocenters. The van der Waals surface area contributed by atoms with E-state index in [9.17, 15) is 4.79 Å². The van der Waals surface area contributed by atoms with Crippen LogP contribution in [-0.2, 0) is 11.2 Å². The molecule has 3 fully saturated rings. The third kappa shape index (κ3) is 5.92. The van der Waals surface area contributed by atoms with E-state index in [0.29, 0.717) is 18.2 Å². The van der Waals surface area contributed by atoms with Crippen LogP contribution in [0.4, 0.5) is 5.69 Å². The van der Waals surface area contributed by atoms with Crippen molar-refractivity contribution in [1.82, 2.24) is 10.2 Å². The first-order valence-electron chi connectivity index (χ1n) is 13.3. The number of piperazine rings is 1. The van der Waals surface area contributed by atoms with Gasteiger partial charge in [0.05, 0.1) is 19.3 Å². The zero-order valence-corrected chi connectivity index (χ0v) is 21.0. The van der Waals surface area contributed by atoms with Crippen LogP contribution in [0.15, 0.2) is 48.5 Å². The minimum Gasteiger partial charge on any atom is -0.493 e. The number of amides is 1. The Morgan fingerprint density at radius 1 is 1.03 bits per heavy atom. The van der Waals surface area contributed by atoms with E-state index in [1.165, 1.54) is 18.4 Å². The normalized spacial score (nSPS) is 23.0. The predicted molar refractivity (Wildman–Crippen MR) is 139 cm³/mol. The molecular weight excluding hydrogens is 438 g/mol. The van der Waals surface area contributed by atoms with Crippen molar-refractivity contribution in [3.05, 3.63) is 54.1 Å². The lowest BCUT2D eigenvalue weighted by atomic mass is 9.98. The number of carbonyl (C=O) groups is 1. The SMILES string of the molecule is COc1ccc(N2CCN(C(=O)CC3CCNC3)C(Cc3ccccc3)C2)cc1OC1CCCC1. The van der Waals surface area contributed by atoms with Gasteiger partial charge in [-0.05, 0) is 75.2 Å². The van der Waals surface area contributed by atoms with Gasteiger partial charge in [0.2, 0.25) is 5.91 Å². The van der Waals surface area contributed by atoms with E-state index in [4.69, 9.17) is 9.47 Å². The van der Waals surface area contributed by atoms with E-state index >= 15 is 0 Å². The van der Waals surface area contributed by atoms with Gasteiger partial charge in [-0.15, -0.1) is 0 Å². The predicted octanol–water partition coefficient (Wildman–Crippen LogP) is 4.28. The van der Waals surface area contributed by atoms with E-state index in [2.05, 4.69) is 57.6 Å². The Labute approximate surface area is 209 Å². The number of ether oxygens (including phenoxy) is 2. The summed E-state index contributed by atoms with van der Waals surface area (Å²) in [4.78, 5) is 17.9. The molecule has 0 radical (unpaired) electrons. The topological polar surface area (TPSA) is 54.0 Å². The van der Waals surface area contributed by atoms with Crippen molar-refractivity contribution in [3.8, 4) is 11.5 Å². The maximum absolute atomic E-state index is 13.4. The van der Waals surface area contributed by atoms with Gasteiger partial charge in [-0.25, -0.2) is 0 Å². The van der Waals surface area contributed by atoms with E-state index < -0.39 is 0 Å². The first kappa shape index (κ1) is 24.0. The highest BCUT2D eigenvalue weighted by atomic mass is 16.5. The molecule has 1 aliphatic carbocycles. The van der Waals surface area contributed by atoms with Gasteiger partial charge in [0.1, 0.15) is 0 Å². The van der Waals surface area contributed by atoms with Crippen LogP contribution in [0.5, 0.6) is 11.5 Å². The molecular formula is C29H39N3O3. The molecule has 2 aromatic rings. The quantitative estimate of drug-likeness (QED) is 0.615. The molecule has 2 aromatic carbocycles. The maximum Gasteiger partial charge on any atom is 0.223 e. The van der Waals surface area contributed by atoms with Crippen LogP contribution < -0.4 is 19.7 Å². The van der Waals surface area contributed by atoms with Gasteiger partial charge in [-0.2, -0.15) is 0 Å². The fourth-order valence-corrected chi connectivity index (χ4v) is 5.87. The molecule has 6 heteroatoms. The molecule has 5 rings (SSSR count). The summed E-state index contributed by atoms with van der Waals surface area (Å²) in [6, 6.07) is 17.0. The van der Waals surface area contributed by atoms with Crippen LogP contribution in [0.25, 0.3) is 0 Å². The van der Waals surface area contributed by atoms with Gasteiger partial charge >= 0.3 is 0 Å². The number of benzene rings is 2. The number of methoxy groups -OCH3 is 1. The zero-order chi connectivity index (χ0) is 24.0. The second-order valence-corrected chi connectivity index (χ2v) is 10.3. The third-order valence-electron chi connectivity index (χ3n) is 7.85. The molecule has 2 atom stereocenters. The van der Waals surface area contributed by atoms with Crippen LogP contribution in [0.3, 0.4) is 0 Å². The molecule has 2 heterocycles. The van der Waals surface area contributed by atoms with E-state index in [0.717, 1.165) is 75.6 Å². The van der Waals surface area contributed by atoms with Gasteiger partial charge in [0.15, 0.2) is 11.5 Å². The number of nitrogens with zero attached hydrogens (tertiary/aromatic N) is 2. The number of nitrogens with one attached hydrogen (secondary N) is 1. The van der Waals surface area contributed by atoms with Crippen molar-refractivity contribution in [1.29, 1.82) is 0 Å². The molecule has 6 nitrogen and oxygen atoms in total. The maximum atomic E-state index is 13.4. The molecule has 0 spiro atoms.